The van der Waals surface area contributed by atoms with Crippen LogP contribution in [0.1, 0.15) is 0 Å². The molecule has 0 saturated carbocycles. The number of hydrogen-bond acceptors (Lipinski definition) is 2. The van der Waals surface area contributed by atoms with Gasteiger partial charge in [0.25, 0.3) is 0 Å². The molecule has 0 unspecified atom stereocenters. The Kier molecular flexibility index (Phi) is 2.05. The van der Waals surface area contributed by atoms with Crippen LogP contribution in [0.15, 0.2) is 6.07 Å². The average Bonchev–Trinajstić information content (AvgIpc) is 1.59. The van der Waals surface area contributed by atoms with Crippen molar-refractivity contribution in [3.8, 4) is 0 Å². The number of hydrogen-bond donors (Lipinski definition) is 1. The van der Waals surface area contributed by atoms with Gasteiger partial charge in [0.1, 0.15) is 10.3 Å². The fourth-order valence-electron chi connectivity index (χ4n) is 0.400. The van der Waals surface area contributed by atoms with E-state index in [9.17, 15) is 0 Å². The molecule has 0 aliphatic carbocycles. The quantitative estimate of drug-likeness (QED) is 0.491. The molecular formula is C4H2Cl2N2S. The lowest BCUT2D eigenvalue weighted by molar-refractivity contribution is 1.13. The molecule has 5 heteroatoms. The van der Waals surface area contributed by atoms with E-state index in [0.29, 0.717) is 15.1 Å². The van der Waals surface area contributed by atoms with Crippen LogP contribution in [-0.2, 0) is 0 Å². The lowest BCUT2D eigenvalue weighted by Crippen LogP contribution is -1.80. The largest absolute Gasteiger partial charge is 0.321 e. The number of H-pyrrole nitrogens is 1. The Hall–Kier alpha value is -0.120. The second kappa shape index (κ2) is 2.64. The van der Waals surface area contributed by atoms with Gasteiger partial charge in [-0.3, -0.25) is 0 Å². The summed E-state index contributed by atoms with van der Waals surface area (Å²) < 4.78 is 0.299. The van der Waals surface area contributed by atoms with Gasteiger partial charge in [-0.25, -0.2) is 4.98 Å². The molecule has 1 aromatic heterocycles. The van der Waals surface area contributed by atoms with Crippen LogP contribution in [0, 0.1) is 4.77 Å². The van der Waals surface area contributed by atoms with Crippen molar-refractivity contribution in [2.75, 3.05) is 0 Å². The highest BCUT2D eigenvalue weighted by molar-refractivity contribution is 7.71. The summed E-state index contributed by atoms with van der Waals surface area (Å²) in [5.74, 6) is 0. The summed E-state index contributed by atoms with van der Waals surface area (Å²) in [5.41, 5.74) is 0. The van der Waals surface area contributed by atoms with Crippen LogP contribution in [0.4, 0.5) is 0 Å². The van der Waals surface area contributed by atoms with Gasteiger partial charge in [-0.15, -0.1) is 0 Å². The lowest BCUT2D eigenvalue weighted by Gasteiger charge is -1.88. The number of nitrogens with one attached hydrogen (secondary N) is 1. The van der Waals surface area contributed by atoms with Crippen molar-refractivity contribution in [1.29, 1.82) is 0 Å². The molecule has 0 aromatic carbocycles. The third-order valence-electron chi connectivity index (χ3n) is 0.681. The summed E-state index contributed by atoms with van der Waals surface area (Å²) in [6.07, 6.45) is 0. The maximum absolute atomic E-state index is 5.50. The second-order valence-corrected chi connectivity index (χ2v) is 2.54. The maximum Gasteiger partial charge on any atom is 0.199 e. The first kappa shape index (κ1) is 6.99. The van der Waals surface area contributed by atoms with Gasteiger partial charge in [-0.05, 0) is 12.2 Å². The molecule has 0 radical (unpaired) electrons. The minimum Gasteiger partial charge on any atom is -0.321 e. The predicted molar refractivity (Wildman–Crippen MR) is 39.4 cm³/mol. The standard InChI is InChI=1S/C4H2Cl2N2S/c5-2-1-3(6)8-4(9)7-2/h1H,(H,7,8,9). The predicted octanol–water partition coefficient (Wildman–Crippen LogP) is 2.45. The van der Waals surface area contributed by atoms with E-state index < -0.39 is 0 Å². The molecule has 1 N–H and O–H groups in total. The maximum atomic E-state index is 5.50. The molecule has 9 heavy (non-hydrogen) atoms. The highest BCUT2D eigenvalue weighted by Gasteiger charge is 1.90. The SMILES string of the molecule is S=c1nc(Cl)cc(Cl)[nH]1. The zero-order valence-corrected chi connectivity index (χ0v) is 6.52. The molecule has 0 fully saturated rings. The zero-order valence-electron chi connectivity index (χ0n) is 4.19. The van der Waals surface area contributed by atoms with Gasteiger partial charge in [0.2, 0.25) is 0 Å². The van der Waals surface area contributed by atoms with Crippen LogP contribution < -0.4 is 0 Å². The van der Waals surface area contributed by atoms with E-state index in [1.54, 1.807) is 0 Å². The number of aromatic amines is 1. The number of nitrogens with zero attached hydrogens (tertiary/aromatic N) is 1. The number of rotatable bonds is 0. The fourth-order valence-corrected chi connectivity index (χ4v) is 1.16. The lowest BCUT2D eigenvalue weighted by atomic mass is 10.7. The Morgan fingerprint density at radius 1 is 1.56 bits per heavy atom. The van der Waals surface area contributed by atoms with E-state index >= 15 is 0 Å². The van der Waals surface area contributed by atoms with Gasteiger partial charge in [0, 0.05) is 6.07 Å². The zero-order chi connectivity index (χ0) is 6.85. The van der Waals surface area contributed by atoms with E-state index in [-0.39, 0.29) is 0 Å². The van der Waals surface area contributed by atoms with Gasteiger partial charge in [-0.2, -0.15) is 0 Å². The molecular weight excluding hydrogens is 179 g/mol. The summed E-state index contributed by atoms with van der Waals surface area (Å²) in [7, 11) is 0. The summed E-state index contributed by atoms with van der Waals surface area (Å²) in [6, 6.07) is 1.49. The van der Waals surface area contributed by atoms with Crippen LogP contribution >= 0.6 is 35.4 Å². The van der Waals surface area contributed by atoms with Crippen LogP contribution in [0.5, 0.6) is 0 Å². The van der Waals surface area contributed by atoms with E-state index in [1.807, 2.05) is 0 Å². The van der Waals surface area contributed by atoms with Crippen molar-refractivity contribution in [3.63, 3.8) is 0 Å². The number of aromatic nitrogens is 2. The first-order chi connectivity index (χ1) is 4.18. The van der Waals surface area contributed by atoms with Crippen molar-refractivity contribution in [3.05, 3.63) is 21.1 Å². The molecule has 0 aliphatic heterocycles. The van der Waals surface area contributed by atoms with Gasteiger partial charge in [-0.1, -0.05) is 23.2 Å². The molecule has 48 valence electrons. The van der Waals surface area contributed by atoms with Gasteiger partial charge in [0.05, 0.1) is 0 Å². The highest BCUT2D eigenvalue weighted by atomic mass is 35.5. The second-order valence-electron chi connectivity index (χ2n) is 1.36. The molecule has 0 spiro atoms. The van der Waals surface area contributed by atoms with E-state index in [4.69, 9.17) is 23.2 Å². The van der Waals surface area contributed by atoms with Crippen molar-refractivity contribution in [2.45, 2.75) is 0 Å². The van der Waals surface area contributed by atoms with Crippen molar-refractivity contribution in [1.82, 2.24) is 9.97 Å². The molecule has 0 amide bonds. The molecule has 2 nitrogen and oxygen atoms in total. The minimum absolute atomic E-state index is 0.299. The molecule has 1 rings (SSSR count). The summed E-state index contributed by atoms with van der Waals surface area (Å²) in [5, 5.41) is 0.712. The molecule has 1 heterocycles. The molecule has 0 atom stereocenters. The highest BCUT2D eigenvalue weighted by Crippen LogP contribution is 2.08. The van der Waals surface area contributed by atoms with Crippen LogP contribution in [-0.4, -0.2) is 9.97 Å². The topological polar surface area (TPSA) is 28.7 Å². The normalized spacial score (nSPS) is 9.56. The number of halogens is 2. The molecule has 0 bridgehead atoms. The average molecular weight is 181 g/mol. The molecule has 0 aliphatic rings. The third kappa shape index (κ3) is 1.93. The van der Waals surface area contributed by atoms with Gasteiger partial charge in [0.15, 0.2) is 4.77 Å². The van der Waals surface area contributed by atoms with Crippen molar-refractivity contribution < 1.29 is 0 Å². The van der Waals surface area contributed by atoms with Crippen LogP contribution in [0.25, 0.3) is 0 Å². The van der Waals surface area contributed by atoms with Crippen LogP contribution in [0.2, 0.25) is 10.3 Å². The Labute approximate surface area is 66.8 Å². The molecule has 0 saturated heterocycles. The summed E-state index contributed by atoms with van der Waals surface area (Å²) in [4.78, 5) is 6.27. The van der Waals surface area contributed by atoms with Gasteiger partial charge < -0.3 is 4.98 Å². The molecule has 1 aromatic rings. The fraction of sp³-hybridized carbons (Fsp3) is 0. The minimum atomic E-state index is 0.299. The monoisotopic (exact) mass is 180 g/mol. The van der Waals surface area contributed by atoms with E-state index in [2.05, 4.69) is 22.2 Å². The van der Waals surface area contributed by atoms with E-state index in [0.717, 1.165) is 0 Å². The van der Waals surface area contributed by atoms with Crippen molar-refractivity contribution in [2.24, 2.45) is 0 Å². The van der Waals surface area contributed by atoms with E-state index in [1.165, 1.54) is 6.07 Å². The Morgan fingerprint density at radius 2 is 2.22 bits per heavy atom. The summed E-state index contributed by atoms with van der Waals surface area (Å²) >= 11 is 15.6. The third-order valence-corrected chi connectivity index (χ3v) is 1.27. The Bertz CT molecular complexity index is 246. The van der Waals surface area contributed by atoms with Gasteiger partial charge >= 0.3 is 0 Å². The first-order valence-electron chi connectivity index (χ1n) is 2.11. The van der Waals surface area contributed by atoms with Crippen molar-refractivity contribution >= 4 is 35.4 Å². The first-order valence-corrected chi connectivity index (χ1v) is 3.27. The smallest absolute Gasteiger partial charge is 0.199 e. The summed E-state index contributed by atoms with van der Waals surface area (Å²) in [6.45, 7) is 0. The Balaban J connectivity index is 3.33. The van der Waals surface area contributed by atoms with Crippen LogP contribution in [0.3, 0.4) is 0 Å². The Morgan fingerprint density at radius 3 is 2.67 bits per heavy atom.